The Morgan fingerprint density at radius 2 is 2.30 bits per heavy atom. The van der Waals surface area contributed by atoms with E-state index in [1.54, 1.807) is 13.3 Å². The summed E-state index contributed by atoms with van der Waals surface area (Å²) in [6, 6.07) is 7.57. The number of aryl methyl sites for hydroxylation is 1. The molecule has 1 amide bonds. The average molecular weight is 287 g/mol. The normalized spacial score (nSPS) is 10.7. The molecule has 1 N–H and O–H groups in total. The summed E-state index contributed by atoms with van der Waals surface area (Å²) in [5.74, 6) is 0.576. The number of nitrogens with one attached hydrogen (secondary N) is 1. The monoisotopic (exact) mass is 287 g/mol. The minimum absolute atomic E-state index is 0.180. The number of benzene rings is 1. The molecule has 0 bridgehead atoms. The van der Waals surface area contributed by atoms with Gasteiger partial charge in [0.25, 0.3) is 5.91 Å². The van der Waals surface area contributed by atoms with Crippen LogP contribution in [-0.2, 0) is 7.05 Å². The molecule has 1 aromatic carbocycles. The molecule has 102 valence electrons. The fourth-order valence-corrected chi connectivity index (χ4v) is 2.70. The van der Waals surface area contributed by atoms with Gasteiger partial charge in [-0.3, -0.25) is 10.1 Å². The van der Waals surface area contributed by atoms with Gasteiger partial charge in [0.15, 0.2) is 5.13 Å². The Hall–Kier alpha value is -2.34. The summed E-state index contributed by atoms with van der Waals surface area (Å²) in [5, 5.41) is 6.11. The number of fused-ring (bicyclic) bond motifs is 1. The Morgan fingerprint density at radius 3 is 3.00 bits per heavy atom. The molecule has 3 rings (SSSR count). The highest BCUT2D eigenvalue weighted by Gasteiger charge is 2.16. The number of rotatable bonds is 3. The largest absolute Gasteiger partial charge is 0.496 e. The van der Waals surface area contributed by atoms with Gasteiger partial charge >= 0.3 is 0 Å². The molecule has 0 unspecified atom stereocenters. The van der Waals surface area contributed by atoms with Crippen LogP contribution in [0.2, 0.25) is 0 Å². The Balaban J connectivity index is 2.03. The van der Waals surface area contributed by atoms with Crippen LogP contribution >= 0.6 is 11.3 Å². The highest BCUT2D eigenvalue weighted by molar-refractivity contribution is 7.13. The van der Waals surface area contributed by atoms with Crippen molar-refractivity contribution in [3.63, 3.8) is 0 Å². The van der Waals surface area contributed by atoms with Gasteiger partial charge in [0.05, 0.1) is 12.6 Å². The summed E-state index contributed by atoms with van der Waals surface area (Å²) in [4.78, 5) is 16.3. The molecule has 6 heteroatoms. The van der Waals surface area contributed by atoms with Crippen LogP contribution in [0.15, 0.2) is 35.8 Å². The minimum atomic E-state index is -0.180. The van der Waals surface area contributed by atoms with Gasteiger partial charge in [-0.15, -0.1) is 11.3 Å². The number of amides is 1. The predicted octanol–water partition coefficient (Wildman–Crippen LogP) is 2.90. The van der Waals surface area contributed by atoms with Crippen molar-refractivity contribution in [3.05, 3.63) is 41.5 Å². The molecule has 0 radical (unpaired) electrons. The van der Waals surface area contributed by atoms with Crippen molar-refractivity contribution in [3.8, 4) is 5.75 Å². The van der Waals surface area contributed by atoms with Crippen molar-refractivity contribution < 1.29 is 9.53 Å². The van der Waals surface area contributed by atoms with Gasteiger partial charge in [-0.25, -0.2) is 4.98 Å². The number of thiazole rings is 1. The minimum Gasteiger partial charge on any atom is -0.496 e. The number of hydrogen-bond donors (Lipinski definition) is 1. The van der Waals surface area contributed by atoms with E-state index in [1.165, 1.54) is 11.3 Å². The molecule has 0 aliphatic rings. The van der Waals surface area contributed by atoms with E-state index in [2.05, 4.69) is 10.3 Å². The standard InChI is InChI=1S/C14H13N3O2S/c1-17-10-4-3-5-12(19-2)9(10)8-11(17)13(18)16-14-15-6-7-20-14/h3-8H,1-2H3,(H,15,16,18). The molecular formula is C14H13N3O2S. The molecule has 3 aromatic rings. The maximum absolute atomic E-state index is 12.3. The third-order valence-electron chi connectivity index (χ3n) is 3.15. The number of methoxy groups -OCH3 is 1. The van der Waals surface area contributed by atoms with Gasteiger partial charge in [-0.2, -0.15) is 0 Å². The first-order chi connectivity index (χ1) is 9.70. The summed E-state index contributed by atoms with van der Waals surface area (Å²) >= 11 is 1.39. The highest BCUT2D eigenvalue weighted by Crippen LogP contribution is 2.28. The summed E-state index contributed by atoms with van der Waals surface area (Å²) in [7, 11) is 3.48. The molecule has 0 fully saturated rings. The van der Waals surface area contributed by atoms with E-state index in [-0.39, 0.29) is 5.91 Å². The topological polar surface area (TPSA) is 56.1 Å². The molecule has 2 aromatic heterocycles. The van der Waals surface area contributed by atoms with E-state index in [0.29, 0.717) is 10.8 Å². The molecule has 2 heterocycles. The number of anilines is 1. The molecule has 20 heavy (non-hydrogen) atoms. The second kappa shape index (κ2) is 4.97. The van der Waals surface area contributed by atoms with Crippen molar-refractivity contribution in [2.45, 2.75) is 0 Å². The van der Waals surface area contributed by atoms with Crippen LogP contribution in [0.5, 0.6) is 5.75 Å². The summed E-state index contributed by atoms with van der Waals surface area (Å²) in [5.41, 5.74) is 1.52. The van der Waals surface area contributed by atoms with Crippen LogP contribution in [0.3, 0.4) is 0 Å². The maximum atomic E-state index is 12.3. The Labute approximate surface area is 119 Å². The lowest BCUT2D eigenvalue weighted by molar-refractivity contribution is 0.101. The average Bonchev–Trinajstić information content (AvgIpc) is 3.07. The number of aromatic nitrogens is 2. The smallest absolute Gasteiger partial charge is 0.274 e. The number of ether oxygens (including phenoxy) is 1. The van der Waals surface area contributed by atoms with Crippen LogP contribution in [0.1, 0.15) is 10.5 Å². The van der Waals surface area contributed by atoms with Gasteiger partial charge < -0.3 is 9.30 Å². The second-order valence-electron chi connectivity index (χ2n) is 4.27. The molecule has 0 aliphatic carbocycles. The van der Waals surface area contributed by atoms with E-state index >= 15 is 0 Å². The third kappa shape index (κ3) is 2.04. The quantitative estimate of drug-likeness (QED) is 0.806. The van der Waals surface area contributed by atoms with Crippen LogP contribution in [0.25, 0.3) is 10.9 Å². The Bertz CT molecular complexity index is 762. The van der Waals surface area contributed by atoms with Crippen molar-refractivity contribution in [1.82, 2.24) is 9.55 Å². The molecule has 0 saturated carbocycles. The Kier molecular flexibility index (Phi) is 3.15. The van der Waals surface area contributed by atoms with E-state index < -0.39 is 0 Å². The molecule has 0 aliphatic heterocycles. The van der Waals surface area contributed by atoms with E-state index in [1.807, 2.05) is 41.3 Å². The zero-order valence-corrected chi connectivity index (χ0v) is 11.9. The summed E-state index contributed by atoms with van der Waals surface area (Å²) < 4.78 is 7.17. The highest BCUT2D eigenvalue weighted by atomic mass is 32.1. The Morgan fingerprint density at radius 1 is 1.45 bits per heavy atom. The number of carbonyl (C=O) groups is 1. The van der Waals surface area contributed by atoms with Crippen molar-refractivity contribution in [1.29, 1.82) is 0 Å². The number of hydrogen-bond acceptors (Lipinski definition) is 4. The van der Waals surface area contributed by atoms with Crippen LogP contribution in [0, 0.1) is 0 Å². The fraction of sp³-hybridized carbons (Fsp3) is 0.143. The van der Waals surface area contributed by atoms with Gasteiger partial charge in [0.1, 0.15) is 11.4 Å². The van der Waals surface area contributed by atoms with Crippen LogP contribution in [0.4, 0.5) is 5.13 Å². The van der Waals surface area contributed by atoms with E-state index in [4.69, 9.17) is 4.74 Å². The first kappa shape index (κ1) is 12.7. The molecular weight excluding hydrogens is 274 g/mol. The van der Waals surface area contributed by atoms with Crippen LogP contribution < -0.4 is 10.1 Å². The van der Waals surface area contributed by atoms with Crippen molar-refractivity contribution in [2.75, 3.05) is 12.4 Å². The second-order valence-corrected chi connectivity index (χ2v) is 5.17. The summed E-state index contributed by atoms with van der Waals surface area (Å²) in [6.07, 6.45) is 1.66. The number of carbonyl (C=O) groups excluding carboxylic acids is 1. The lowest BCUT2D eigenvalue weighted by Crippen LogP contribution is -2.15. The van der Waals surface area contributed by atoms with E-state index in [9.17, 15) is 4.79 Å². The number of nitrogens with zero attached hydrogens (tertiary/aromatic N) is 2. The third-order valence-corrected chi connectivity index (χ3v) is 3.84. The SMILES string of the molecule is COc1cccc2c1cc(C(=O)Nc1nccs1)n2C. The molecule has 0 saturated heterocycles. The zero-order valence-electron chi connectivity index (χ0n) is 11.1. The van der Waals surface area contributed by atoms with Crippen molar-refractivity contribution in [2.24, 2.45) is 7.05 Å². The first-order valence-electron chi connectivity index (χ1n) is 6.04. The van der Waals surface area contributed by atoms with Crippen LogP contribution in [-0.4, -0.2) is 22.6 Å². The van der Waals surface area contributed by atoms with Gasteiger partial charge in [-0.05, 0) is 18.2 Å². The fourth-order valence-electron chi connectivity index (χ4n) is 2.18. The van der Waals surface area contributed by atoms with E-state index in [0.717, 1.165) is 16.7 Å². The van der Waals surface area contributed by atoms with Gasteiger partial charge in [0, 0.05) is 24.0 Å². The summed E-state index contributed by atoms with van der Waals surface area (Å²) in [6.45, 7) is 0. The molecule has 5 nitrogen and oxygen atoms in total. The molecule has 0 spiro atoms. The van der Waals surface area contributed by atoms with Crippen molar-refractivity contribution >= 4 is 33.3 Å². The maximum Gasteiger partial charge on any atom is 0.274 e. The zero-order chi connectivity index (χ0) is 14.1. The van der Waals surface area contributed by atoms with Gasteiger partial charge in [-0.1, -0.05) is 6.07 Å². The predicted molar refractivity (Wildman–Crippen MR) is 79.5 cm³/mol. The molecule has 0 atom stereocenters. The first-order valence-corrected chi connectivity index (χ1v) is 6.92. The lowest BCUT2D eigenvalue weighted by Gasteiger charge is -2.04. The lowest BCUT2D eigenvalue weighted by atomic mass is 10.2. The van der Waals surface area contributed by atoms with Gasteiger partial charge in [0.2, 0.25) is 0 Å².